The maximum atomic E-state index is 11.8. The fraction of sp³-hybridized carbons (Fsp3) is 0.636. The third-order valence-corrected chi connectivity index (χ3v) is 3.22. The first-order valence-corrected chi connectivity index (χ1v) is 6.28. The zero-order valence-electron chi connectivity index (χ0n) is 10.3. The van der Waals surface area contributed by atoms with Gasteiger partial charge in [-0.1, -0.05) is 6.92 Å². The topological polar surface area (TPSA) is 54.0 Å². The first-order valence-electron chi connectivity index (χ1n) is 5.40. The van der Waals surface area contributed by atoms with Crippen LogP contribution in [0.5, 0.6) is 0 Å². The monoisotopic (exact) mass is 241 g/mol. The number of hydrogen-bond donors (Lipinski definition) is 2. The second-order valence-electron chi connectivity index (χ2n) is 4.22. The molecular formula is C11H19N3OS. The predicted molar refractivity (Wildman–Crippen MR) is 66.5 cm³/mol. The number of aromatic nitrogens is 1. The summed E-state index contributed by atoms with van der Waals surface area (Å²) in [5.74, 6) is 0.00204. The smallest absolute Gasteiger partial charge is 0.240 e. The van der Waals surface area contributed by atoms with Crippen LogP contribution in [0.2, 0.25) is 0 Å². The van der Waals surface area contributed by atoms with Gasteiger partial charge >= 0.3 is 0 Å². The normalized spacial score (nSPS) is 11.5. The largest absolute Gasteiger partial charge is 0.348 e. The molecule has 0 aliphatic heterocycles. The lowest BCUT2D eigenvalue weighted by atomic mass is 10.1. The van der Waals surface area contributed by atoms with Crippen molar-refractivity contribution in [3.05, 3.63) is 16.1 Å². The summed E-state index contributed by atoms with van der Waals surface area (Å²) in [5.41, 5.74) is 0.473. The summed E-state index contributed by atoms with van der Waals surface area (Å²) in [6, 6.07) is 0. The number of likely N-dealkylation sites (N-methyl/N-ethyl adjacent to an activating group) is 1. The Kier molecular flexibility index (Phi) is 4.44. The zero-order chi connectivity index (χ0) is 12.2. The standard InChI is InChI=1S/C11H19N3OS/c1-5-13-11(3,4)10(15)12-6-9-14-8(2)7-16-9/h7,13H,5-6H2,1-4H3,(H,12,15). The Morgan fingerprint density at radius 2 is 2.25 bits per heavy atom. The SMILES string of the molecule is CCNC(C)(C)C(=O)NCc1nc(C)cs1. The molecule has 1 aromatic rings. The van der Waals surface area contributed by atoms with E-state index < -0.39 is 5.54 Å². The van der Waals surface area contributed by atoms with Crippen molar-refractivity contribution in [2.75, 3.05) is 6.54 Å². The Hall–Kier alpha value is -0.940. The van der Waals surface area contributed by atoms with Crippen molar-refractivity contribution >= 4 is 17.2 Å². The Balaban J connectivity index is 2.46. The molecule has 90 valence electrons. The number of amides is 1. The zero-order valence-corrected chi connectivity index (χ0v) is 11.1. The summed E-state index contributed by atoms with van der Waals surface area (Å²) < 4.78 is 0. The number of thiazole rings is 1. The van der Waals surface area contributed by atoms with Crippen LogP contribution < -0.4 is 10.6 Å². The molecule has 1 heterocycles. The Bertz CT molecular complexity index is 360. The molecule has 1 rings (SSSR count). The van der Waals surface area contributed by atoms with Crippen LogP contribution in [0.15, 0.2) is 5.38 Å². The third kappa shape index (κ3) is 3.57. The number of nitrogens with one attached hydrogen (secondary N) is 2. The number of hydrogen-bond acceptors (Lipinski definition) is 4. The van der Waals surface area contributed by atoms with Crippen molar-refractivity contribution in [2.24, 2.45) is 0 Å². The molecule has 0 fully saturated rings. The fourth-order valence-corrected chi connectivity index (χ4v) is 2.09. The van der Waals surface area contributed by atoms with Crippen LogP contribution in [0.3, 0.4) is 0 Å². The van der Waals surface area contributed by atoms with Gasteiger partial charge in [0.25, 0.3) is 0 Å². The van der Waals surface area contributed by atoms with Gasteiger partial charge in [0.1, 0.15) is 5.01 Å². The molecule has 0 saturated heterocycles. The molecule has 0 aromatic carbocycles. The summed E-state index contributed by atoms with van der Waals surface area (Å²) in [4.78, 5) is 16.1. The van der Waals surface area contributed by atoms with E-state index in [1.54, 1.807) is 11.3 Å². The van der Waals surface area contributed by atoms with Crippen LogP contribution in [0, 0.1) is 6.92 Å². The van der Waals surface area contributed by atoms with E-state index in [0.717, 1.165) is 17.2 Å². The Labute approximate surface area is 100 Å². The van der Waals surface area contributed by atoms with Gasteiger partial charge in [0.05, 0.1) is 12.1 Å². The minimum Gasteiger partial charge on any atom is -0.348 e. The predicted octanol–water partition coefficient (Wildman–Crippen LogP) is 1.46. The van der Waals surface area contributed by atoms with E-state index >= 15 is 0 Å². The van der Waals surface area contributed by atoms with Crippen molar-refractivity contribution in [2.45, 2.75) is 39.8 Å². The molecule has 0 aliphatic carbocycles. The molecule has 0 saturated carbocycles. The first-order chi connectivity index (χ1) is 7.45. The van der Waals surface area contributed by atoms with Crippen LogP contribution >= 0.6 is 11.3 Å². The van der Waals surface area contributed by atoms with Crippen molar-refractivity contribution < 1.29 is 4.79 Å². The average Bonchev–Trinajstić information content (AvgIpc) is 2.60. The summed E-state index contributed by atoms with van der Waals surface area (Å²) in [5, 5.41) is 8.94. The molecule has 16 heavy (non-hydrogen) atoms. The van der Waals surface area contributed by atoms with E-state index in [0.29, 0.717) is 6.54 Å². The van der Waals surface area contributed by atoms with E-state index in [2.05, 4.69) is 15.6 Å². The van der Waals surface area contributed by atoms with Crippen molar-refractivity contribution in [3.63, 3.8) is 0 Å². The third-order valence-electron chi connectivity index (χ3n) is 2.25. The molecule has 0 unspecified atom stereocenters. The van der Waals surface area contributed by atoms with E-state index in [9.17, 15) is 4.79 Å². The number of nitrogens with zero attached hydrogens (tertiary/aromatic N) is 1. The van der Waals surface area contributed by atoms with Crippen molar-refractivity contribution in [1.29, 1.82) is 0 Å². The van der Waals surface area contributed by atoms with E-state index in [1.165, 1.54) is 0 Å². The second kappa shape index (κ2) is 5.41. The first kappa shape index (κ1) is 13.1. The highest BCUT2D eigenvalue weighted by Gasteiger charge is 2.25. The molecule has 5 heteroatoms. The van der Waals surface area contributed by atoms with Gasteiger partial charge in [-0.15, -0.1) is 11.3 Å². The van der Waals surface area contributed by atoms with Gasteiger partial charge in [-0.05, 0) is 27.3 Å². The molecule has 0 bridgehead atoms. The highest BCUT2D eigenvalue weighted by molar-refractivity contribution is 7.09. The maximum absolute atomic E-state index is 11.8. The highest BCUT2D eigenvalue weighted by Crippen LogP contribution is 2.09. The van der Waals surface area contributed by atoms with Gasteiger partial charge in [0, 0.05) is 11.1 Å². The van der Waals surface area contributed by atoms with Crippen LogP contribution in [-0.4, -0.2) is 23.0 Å². The molecular weight excluding hydrogens is 222 g/mol. The van der Waals surface area contributed by atoms with Gasteiger partial charge < -0.3 is 10.6 Å². The van der Waals surface area contributed by atoms with Gasteiger partial charge in [0.15, 0.2) is 0 Å². The number of aryl methyl sites for hydroxylation is 1. The molecule has 0 atom stereocenters. The fourth-order valence-electron chi connectivity index (χ4n) is 1.38. The number of rotatable bonds is 5. The van der Waals surface area contributed by atoms with Crippen molar-refractivity contribution in [1.82, 2.24) is 15.6 Å². The van der Waals surface area contributed by atoms with E-state index in [1.807, 2.05) is 33.1 Å². The number of carbonyl (C=O) groups is 1. The lowest BCUT2D eigenvalue weighted by Gasteiger charge is -2.24. The summed E-state index contributed by atoms with van der Waals surface area (Å²) in [6.07, 6.45) is 0. The molecule has 0 aliphatic rings. The molecule has 4 nitrogen and oxygen atoms in total. The second-order valence-corrected chi connectivity index (χ2v) is 5.16. The van der Waals surface area contributed by atoms with E-state index in [-0.39, 0.29) is 5.91 Å². The van der Waals surface area contributed by atoms with Crippen molar-refractivity contribution in [3.8, 4) is 0 Å². The summed E-state index contributed by atoms with van der Waals surface area (Å²) in [7, 11) is 0. The average molecular weight is 241 g/mol. The summed E-state index contributed by atoms with van der Waals surface area (Å²) in [6.45, 7) is 8.96. The number of carbonyl (C=O) groups excluding carboxylic acids is 1. The minimum absolute atomic E-state index is 0.00204. The Morgan fingerprint density at radius 3 is 2.75 bits per heavy atom. The van der Waals surface area contributed by atoms with Crippen LogP contribution in [0.25, 0.3) is 0 Å². The minimum atomic E-state index is -0.527. The molecule has 2 N–H and O–H groups in total. The highest BCUT2D eigenvalue weighted by atomic mass is 32.1. The van der Waals surface area contributed by atoms with Gasteiger partial charge in [-0.3, -0.25) is 4.79 Å². The van der Waals surface area contributed by atoms with Crippen LogP contribution in [0.1, 0.15) is 31.5 Å². The quantitative estimate of drug-likeness (QED) is 0.820. The lowest BCUT2D eigenvalue weighted by Crippen LogP contribution is -2.52. The molecule has 0 radical (unpaired) electrons. The lowest BCUT2D eigenvalue weighted by molar-refractivity contribution is -0.126. The van der Waals surface area contributed by atoms with E-state index in [4.69, 9.17) is 0 Å². The molecule has 1 aromatic heterocycles. The molecule has 0 spiro atoms. The van der Waals surface area contributed by atoms with Crippen LogP contribution in [-0.2, 0) is 11.3 Å². The molecule has 1 amide bonds. The Morgan fingerprint density at radius 1 is 1.56 bits per heavy atom. The van der Waals surface area contributed by atoms with Crippen LogP contribution in [0.4, 0.5) is 0 Å². The maximum Gasteiger partial charge on any atom is 0.240 e. The van der Waals surface area contributed by atoms with Gasteiger partial charge in [-0.2, -0.15) is 0 Å². The van der Waals surface area contributed by atoms with Gasteiger partial charge in [-0.25, -0.2) is 4.98 Å². The summed E-state index contributed by atoms with van der Waals surface area (Å²) >= 11 is 1.57. The van der Waals surface area contributed by atoms with Gasteiger partial charge in [0.2, 0.25) is 5.91 Å².